The normalized spacial score (nSPS) is 12.8. The molecule has 0 fully saturated rings. The smallest absolute Gasteiger partial charge is 0.0459 e. The number of nitrogens with zero attached hydrogens (tertiary/aromatic N) is 1. The van der Waals surface area contributed by atoms with E-state index in [1.165, 1.54) is 0 Å². The molecule has 3 heteroatoms. The van der Waals surface area contributed by atoms with E-state index in [0.29, 0.717) is 6.54 Å². The van der Waals surface area contributed by atoms with E-state index >= 15 is 0 Å². The van der Waals surface area contributed by atoms with Crippen molar-refractivity contribution in [3.05, 3.63) is 30.1 Å². The molecule has 1 aromatic rings. The van der Waals surface area contributed by atoms with Crippen molar-refractivity contribution in [3.63, 3.8) is 0 Å². The van der Waals surface area contributed by atoms with Crippen LogP contribution in [0.1, 0.15) is 18.5 Å². The fraction of sp³-hybridized carbons (Fsp3) is 0.444. The summed E-state index contributed by atoms with van der Waals surface area (Å²) in [5, 5.41) is 3.28. The Labute approximate surface area is 73.0 Å². The summed E-state index contributed by atoms with van der Waals surface area (Å²) in [4.78, 5) is 4.04. The second kappa shape index (κ2) is 4.85. The van der Waals surface area contributed by atoms with Gasteiger partial charge >= 0.3 is 0 Å². The zero-order valence-electron chi connectivity index (χ0n) is 7.33. The highest BCUT2D eigenvalue weighted by Crippen LogP contribution is 2.08. The summed E-state index contributed by atoms with van der Waals surface area (Å²) in [5.41, 5.74) is 6.76. The van der Waals surface area contributed by atoms with Crippen LogP contribution in [0.25, 0.3) is 0 Å². The zero-order valence-corrected chi connectivity index (χ0v) is 7.33. The summed E-state index contributed by atoms with van der Waals surface area (Å²) in [5.74, 6) is 0. The van der Waals surface area contributed by atoms with Gasteiger partial charge in [-0.15, -0.1) is 0 Å². The van der Waals surface area contributed by atoms with Gasteiger partial charge in [-0.3, -0.25) is 4.98 Å². The summed E-state index contributed by atoms with van der Waals surface area (Å²) in [7, 11) is 0. The number of hydrogen-bond donors (Lipinski definition) is 2. The Kier molecular flexibility index (Phi) is 3.70. The maximum Gasteiger partial charge on any atom is 0.0459 e. The van der Waals surface area contributed by atoms with E-state index in [2.05, 4.69) is 17.2 Å². The third-order valence-electron chi connectivity index (χ3n) is 1.77. The van der Waals surface area contributed by atoms with Crippen LogP contribution in [0.3, 0.4) is 0 Å². The zero-order chi connectivity index (χ0) is 8.81. The Morgan fingerprint density at radius 3 is 3.00 bits per heavy atom. The molecule has 1 aromatic heterocycles. The van der Waals surface area contributed by atoms with Crippen LogP contribution >= 0.6 is 0 Å². The molecule has 0 aliphatic heterocycles. The van der Waals surface area contributed by atoms with Crippen LogP contribution < -0.4 is 11.1 Å². The van der Waals surface area contributed by atoms with E-state index < -0.39 is 0 Å². The first kappa shape index (κ1) is 9.16. The number of likely N-dealkylation sites (N-methyl/N-ethyl adjacent to an activating group) is 1. The van der Waals surface area contributed by atoms with Gasteiger partial charge in [0.25, 0.3) is 0 Å². The Morgan fingerprint density at radius 1 is 1.67 bits per heavy atom. The van der Waals surface area contributed by atoms with E-state index in [1.807, 2.05) is 18.3 Å². The Morgan fingerprint density at radius 2 is 2.50 bits per heavy atom. The summed E-state index contributed by atoms with van der Waals surface area (Å²) in [6.07, 6.45) is 3.61. The lowest BCUT2D eigenvalue weighted by Crippen LogP contribution is -2.27. The highest BCUT2D eigenvalue weighted by atomic mass is 14.9. The Balaban J connectivity index is 2.66. The average molecular weight is 165 g/mol. The fourth-order valence-corrected chi connectivity index (χ4v) is 1.17. The van der Waals surface area contributed by atoms with Crippen molar-refractivity contribution in [1.29, 1.82) is 0 Å². The number of aromatic nitrogens is 1. The van der Waals surface area contributed by atoms with E-state index in [4.69, 9.17) is 5.73 Å². The van der Waals surface area contributed by atoms with Crippen molar-refractivity contribution in [2.75, 3.05) is 13.1 Å². The molecule has 12 heavy (non-hydrogen) atoms. The van der Waals surface area contributed by atoms with Crippen molar-refractivity contribution in [1.82, 2.24) is 10.3 Å². The number of pyridine rings is 1. The molecule has 1 atom stereocenters. The van der Waals surface area contributed by atoms with Gasteiger partial charge in [0.05, 0.1) is 0 Å². The van der Waals surface area contributed by atoms with E-state index in [0.717, 1.165) is 12.1 Å². The number of nitrogens with one attached hydrogen (secondary N) is 1. The van der Waals surface area contributed by atoms with Crippen LogP contribution in [0.4, 0.5) is 0 Å². The molecule has 0 amide bonds. The lowest BCUT2D eigenvalue weighted by molar-refractivity contribution is 0.560. The Hall–Kier alpha value is -0.930. The van der Waals surface area contributed by atoms with Gasteiger partial charge in [0.2, 0.25) is 0 Å². The molecular weight excluding hydrogens is 150 g/mol. The van der Waals surface area contributed by atoms with Crippen LogP contribution in [0.5, 0.6) is 0 Å². The first-order valence-corrected chi connectivity index (χ1v) is 4.21. The molecule has 0 bridgehead atoms. The predicted molar refractivity (Wildman–Crippen MR) is 49.7 cm³/mol. The van der Waals surface area contributed by atoms with E-state index in [-0.39, 0.29) is 6.04 Å². The van der Waals surface area contributed by atoms with Gasteiger partial charge in [-0.2, -0.15) is 0 Å². The second-order valence-electron chi connectivity index (χ2n) is 2.63. The highest BCUT2D eigenvalue weighted by molar-refractivity contribution is 5.13. The fourth-order valence-electron chi connectivity index (χ4n) is 1.17. The van der Waals surface area contributed by atoms with Crippen molar-refractivity contribution in [3.8, 4) is 0 Å². The van der Waals surface area contributed by atoms with E-state index in [9.17, 15) is 0 Å². The van der Waals surface area contributed by atoms with Gasteiger partial charge in [-0.1, -0.05) is 13.0 Å². The minimum atomic E-state index is 0.240. The molecule has 0 radical (unpaired) electrons. The minimum absolute atomic E-state index is 0.240. The van der Waals surface area contributed by atoms with Gasteiger partial charge in [-0.25, -0.2) is 0 Å². The molecule has 1 unspecified atom stereocenters. The third kappa shape index (κ3) is 2.29. The molecule has 0 aliphatic rings. The minimum Gasteiger partial charge on any atom is -0.329 e. The molecule has 3 nitrogen and oxygen atoms in total. The average Bonchev–Trinajstić information content (AvgIpc) is 2.15. The maximum absolute atomic E-state index is 5.60. The molecule has 0 spiro atoms. The number of hydrogen-bond acceptors (Lipinski definition) is 3. The van der Waals surface area contributed by atoms with Crippen LogP contribution in [0, 0.1) is 0 Å². The summed E-state index contributed by atoms with van der Waals surface area (Å²) in [6, 6.07) is 4.20. The van der Waals surface area contributed by atoms with Crippen molar-refractivity contribution >= 4 is 0 Å². The second-order valence-corrected chi connectivity index (χ2v) is 2.63. The van der Waals surface area contributed by atoms with Crippen LogP contribution in [-0.4, -0.2) is 18.1 Å². The van der Waals surface area contributed by atoms with Crippen LogP contribution in [0.2, 0.25) is 0 Å². The molecule has 3 N–H and O–H groups in total. The van der Waals surface area contributed by atoms with Gasteiger partial charge in [0.1, 0.15) is 0 Å². The Bertz CT molecular complexity index is 210. The first-order valence-electron chi connectivity index (χ1n) is 4.21. The standard InChI is InChI=1S/C9H15N3/c1-2-12-9(6-10)8-4-3-5-11-7-8/h3-5,7,9,12H,2,6,10H2,1H3. The maximum atomic E-state index is 5.60. The van der Waals surface area contributed by atoms with Gasteiger partial charge in [0, 0.05) is 25.0 Å². The number of nitrogens with two attached hydrogens (primary N) is 1. The molecule has 0 saturated carbocycles. The lowest BCUT2D eigenvalue weighted by Gasteiger charge is -2.14. The van der Waals surface area contributed by atoms with Crippen LogP contribution in [0.15, 0.2) is 24.5 Å². The van der Waals surface area contributed by atoms with Crippen molar-refractivity contribution in [2.24, 2.45) is 5.73 Å². The van der Waals surface area contributed by atoms with Gasteiger partial charge < -0.3 is 11.1 Å². The molecule has 0 aromatic carbocycles. The number of rotatable bonds is 4. The first-order chi connectivity index (χ1) is 5.88. The molecule has 0 aliphatic carbocycles. The summed E-state index contributed by atoms with van der Waals surface area (Å²) >= 11 is 0. The molecule has 1 rings (SSSR count). The van der Waals surface area contributed by atoms with Crippen molar-refractivity contribution in [2.45, 2.75) is 13.0 Å². The third-order valence-corrected chi connectivity index (χ3v) is 1.77. The topological polar surface area (TPSA) is 50.9 Å². The van der Waals surface area contributed by atoms with Crippen LogP contribution in [-0.2, 0) is 0 Å². The van der Waals surface area contributed by atoms with Gasteiger partial charge in [-0.05, 0) is 18.2 Å². The highest BCUT2D eigenvalue weighted by Gasteiger charge is 2.06. The largest absolute Gasteiger partial charge is 0.329 e. The quantitative estimate of drug-likeness (QED) is 0.690. The summed E-state index contributed by atoms with van der Waals surface area (Å²) in [6.45, 7) is 3.61. The monoisotopic (exact) mass is 165 g/mol. The molecule has 1 heterocycles. The lowest BCUT2D eigenvalue weighted by atomic mass is 10.1. The molecule has 66 valence electrons. The van der Waals surface area contributed by atoms with Crippen molar-refractivity contribution < 1.29 is 0 Å². The predicted octanol–water partition coefficient (Wildman–Crippen LogP) is 0.691. The summed E-state index contributed by atoms with van der Waals surface area (Å²) < 4.78 is 0. The SMILES string of the molecule is CCNC(CN)c1cccnc1. The van der Waals surface area contributed by atoms with Gasteiger partial charge in [0.15, 0.2) is 0 Å². The molecule has 0 saturated heterocycles. The molecular formula is C9H15N3. The van der Waals surface area contributed by atoms with E-state index in [1.54, 1.807) is 6.20 Å².